The molecule has 2 aliphatic rings. The molecule has 2 heterocycles. The average Bonchev–Trinajstić information content (AvgIpc) is 3.38. The molecule has 35 heavy (non-hydrogen) atoms. The number of amides is 2. The van der Waals surface area contributed by atoms with Crippen molar-refractivity contribution in [3.05, 3.63) is 41.3 Å². The van der Waals surface area contributed by atoms with Crippen LogP contribution in [0.15, 0.2) is 28.7 Å². The lowest BCUT2D eigenvalue weighted by Gasteiger charge is -2.29. The molecule has 1 aromatic carbocycles. The number of benzene rings is 1. The SMILES string of the molecule is CC(C)c1oc(-c2ccc(C(C)(C)C)cc2)nc1CO[C@H]1CCC[C@@H](CCC2SC(=O)NC2=O)C1. The van der Waals surface area contributed by atoms with E-state index in [9.17, 15) is 9.59 Å². The quantitative estimate of drug-likeness (QED) is 0.423. The number of carbonyl (C=O) groups excluding carboxylic acids is 2. The molecule has 4 rings (SSSR count). The third-order valence-corrected chi connectivity index (χ3v) is 8.09. The number of hydrogen-bond acceptors (Lipinski definition) is 6. The molecule has 7 heteroatoms. The molecule has 1 aromatic heterocycles. The molecule has 190 valence electrons. The van der Waals surface area contributed by atoms with Crippen molar-refractivity contribution in [3.63, 3.8) is 0 Å². The Hall–Kier alpha value is -2.12. The number of thioether (sulfide) groups is 1. The van der Waals surface area contributed by atoms with Gasteiger partial charge in [-0.1, -0.05) is 71.4 Å². The van der Waals surface area contributed by atoms with Crippen LogP contribution in [0.2, 0.25) is 0 Å². The van der Waals surface area contributed by atoms with Crippen molar-refractivity contribution < 1.29 is 18.7 Å². The summed E-state index contributed by atoms with van der Waals surface area (Å²) in [4.78, 5) is 28.1. The van der Waals surface area contributed by atoms with Gasteiger partial charge in [0.15, 0.2) is 0 Å². The summed E-state index contributed by atoms with van der Waals surface area (Å²) in [5.41, 5.74) is 3.26. The molecule has 0 spiro atoms. The highest BCUT2D eigenvalue weighted by atomic mass is 32.2. The summed E-state index contributed by atoms with van der Waals surface area (Å²) in [5, 5.41) is 1.93. The number of hydrogen-bond donors (Lipinski definition) is 1. The zero-order valence-electron chi connectivity index (χ0n) is 21.6. The van der Waals surface area contributed by atoms with Gasteiger partial charge >= 0.3 is 0 Å². The second kappa shape index (κ2) is 10.9. The first-order valence-corrected chi connectivity index (χ1v) is 13.7. The van der Waals surface area contributed by atoms with Crippen LogP contribution < -0.4 is 5.32 Å². The van der Waals surface area contributed by atoms with E-state index in [4.69, 9.17) is 14.1 Å². The van der Waals surface area contributed by atoms with E-state index in [1.807, 2.05) is 0 Å². The number of ether oxygens (including phenoxy) is 1. The smallest absolute Gasteiger partial charge is 0.286 e. The van der Waals surface area contributed by atoms with E-state index in [1.54, 1.807) is 0 Å². The van der Waals surface area contributed by atoms with Gasteiger partial charge < -0.3 is 9.15 Å². The van der Waals surface area contributed by atoms with Crippen LogP contribution in [0, 0.1) is 5.92 Å². The van der Waals surface area contributed by atoms with Gasteiger partial charge in [-0.2, -0.15) is 0 Å². The van der Waals surface area contributed by atoms with E-state index in [2.05, 4.69) is 64.2 Å². The van der Waals surface area contributed by atoms with Crippen molar-refractivity contribution in [1.82, 2.24) is 10.3 Å². The molecule has 1 saturated heterocycles. The summed E-state index contributed by atoms with van der Waals surface area (Å²) in [6, 6.07) is 8.47. The van der Waals surface area contributed by atoms with Crippen molar-refractivity contribution >= 4 is 22.9 Å². The molecule has 6 nitrogen and oxygen atoms in total. The summed E-state index contributed by atoms with van der Waals surface area (Å²) < 4.78 is 12.6. The Morgan fingerprint density at radius 3 is 2.51 bits per heavy atom. The van der Waals surface area contributed by atoms with Crippen molar-refractivity contribution in [1.29, 1.82) is 0 Å². The molecule has 3 atom stereocenters. The number of nitrogens with one attached hydrogen (secondary N) is 1. The third kappa shape index (κ3) is 6.56. The molecule has 2 fully saturated rings. The predicted molar refractivity (Wildman–Crippen MR) is 139 cm³/mol. The van der Waals surface area contributed by atoms with Gasteiger partial charge in [-0.15, -0.1) is 0 Å². The van der Waals surface area contributed by atoms with E-state index in [0.29, 0.717) is 18.4 Å². The molecule has 2 amide bonds. The van der Waals surface area contributed by atoms with Gasteiger partial charge in [-0.3, -0.25) is 14.9 Å². The monoisotopic (exact) mass is 498 g/mol. The first kappa shape index (κ1) is 26.0. The van der Waals surface area contributed by atoms with Crippen LogP contribution in [0.4, 0.5) is 4.79 Å². The van der Waals surface area contributed by atoms with Crippen LogP contribution in [0.3, 0.4) is 0 Å². The number of aromatic nitrogens is 1. The lowest BCUT2D eigenvalue weighted by Crippen LogP contribution is -2.26. The summed E-state index contributed by atoms with van der Waals surface area (Å²) in [7, 11) is 0. The van der Waals surface area contributed by atoms with Crippen molar-refractivity contribution in [2.75, 3.05) is 0 Å². The van der Waals surface area contributed by atoms with E-state index in [0.717, 1.165) is 67.3 Å². The van der Waals surface area contributed by atoms with Crippen LogP contribution in [-0.4, -0.2) is 27.5 Å². The minimum absolute atomic E-state index is 0.106. The largest absolute Gasteiger partial charge is 0.441 e. The lowest BCUT2D eigenvalue weighted by molar-refractivity contribution is -0.119. The average molecular weight is 499 g/mol. The highest BCUT2D eigenvalue weighted by Gasteiger charge is 2.33. The molecule has 1 saturated carbocycles. The van der Waals surface area contributed by atoms with Crippen LogP contribution >= 0.6 is 11.8 Å². The molecule has 1 aliphatic carbocycles. The zero-order chi connectivity index (χ0) is 25.2. The molecule has 1 unspecified atom stereocenters. The summed E-state index contributed by atoms with van der Waals surface area (Å²) >= 11 is 1.13. The summed E-state index contributed by atoms with van der Waals surface area (Å²) in [6.45, 7) is 11.3. The minimum Gasteiger partial charge on any atom is -0.441 e. The second-order valence-corrected chi connectivity index (χ2v) is 12.4. The van der Waals surface area contributed by atoms with Crippen LogP contribution in [0.5, 0.6) is 0 Å². The van der Waals surface area contributed by atoms with Crippen molar-refractivity contribution in [2.24, 2.45) is 5.92 Å². The summed E-state index contributed by atoms with van der Waals surface area (Å²) in [6.07, 6.45) is 6.20. The predicted octanol–water partition coefficient (Wildman–Crippen LogP) is 6.97. The van der Waals surface area contributed by atoms with Gasteiger partial charge in [0.05, 0.1) is 18.0 Å². The molecular weight excluding hydrogens is 460 g/mol. The number of carbonyl (C=O) groups is 2. The van der Waals surface area contributed by atoms with Gasteiger partial charge in [-0.05, 0) is 54.7 Å². The highest BCUT2D eigenvalue weighted by molar-refractivity contribution is 8.15. The minimum atomic E-state index is -0.233. The Kier molecular flexibility index (Phi) is 8.06. The van der Waals surface area contributed by atoms with E-state index in [-0.39, 0.29) is 33.8 Å². The third-order valence-electron chi connectivity index (χ3n) is 7.04. The molecule has 2 aromatic rings. The normalized spacial score (nSPS) is 23.2. The Morgan fingerprint density at radius 2 is 1.89 bits per heavy atom. The van der Waals surface area contributed by atoms with Gasteiger partial charge in [0.25, 0.3) is 5.24 Å². The summed E-state index contributed by atoms with van der Waals surface area (Å²) in [5.74, 6) is 2.15. The first-order valence-electron chi connectivity index (χ1n) is 12.8. The Morgan fingerprint density at radius 1 is 1.14 bits per heavy atom. The van der Waals surface area contributed by atoms with E-state index in [1.165, 1.54) is 5.56 Å². The Bertz CT molecular complexity index is 1040. The van der Waals surface area contributed by atoms with E-state index < -0.39 is 0 Å². The molecular formula is C28H38N2O4S. The molecule has 1 aliphatic heterocycles. The van der Waals surface area contributed by atoms with Crippen LogP contribution in [0.1, 0.15) is 96.1 Å². The molecule has 0 bridgehead atoms. The zero-order valence-corrected chi connectivity index (χ0v) is 22.4. The fourth-order valence-electron chi connectivity index (χ4n) is 4.98. The van der Waals surface area contributed by atoms with Crippen LogP contribution in [-0.2, 0) is 21.6 Å². The number of nitrogens with zero attached hydrogens (tertiary/aromatic N) is 1. The fraction of sp³-hybridized carbons (Fsp3) is 0.607. The molecule has 0 radical (unpaired) electrons. The molecule has 1 N–H and O–H groups in total. The van der Waals surface area contributed by atoms with Crippen molar-refractivity contribution in [2.45, 2.75) is 102 Å². The van der Waals surface area contributed by atoms with Gasteiger partial charge in [0, 0.05) is 11.5 Å². The number of imide groups is 1. The fourth-order valence-corrected chi connectivity index (χ4v) is 5.81. The maximum absolute atomic E-state index is 11.8. The van der Waals surface area contributed by atoms with E-state index >= 15 is 0 Å². The van der Waals surface area contributed by atoms with Crippen molar-refractivity contribution in [3.8, 4) is 11.5 Å². The number of rotatable bonds is 8. The highest BCUT2D eigenvalue weighted by Crippen LogP contribution is 2.34. The second-order valence-electron chi connectivity index (χ2n) is 11.2. The lowest BCUT2D eigenvalue weighted by atomic mass is 9.84. The van der Waals surface area contributed by atoms with Gasteiger partial charge in [0.2, 0.25) is 11.8 Å². The number of oxazole rings is 1. The Labute approximate surface area is 213 Å². The Balaban J connectivity index is 1.36. The topological polar surface area (TPSA) is 81.4 Å². The van der Waals surface area contributed by atoms with Gasteiger partial charge in [-0.25, -0.2) is 4.98 Å². The maximum Gasteiger partial charge on any atom is 0.286 e. The standard InChI is InChI=1S/C28H38N2O4S/c1-17(2)24-22(29-26(34-24)19-10-12-20(13-11-19)28(3,4)5)16-33-21-8-6-7-18(15-21)9-14-23-25(31)30-27(32)35-23/h10-13,17-18,21,23H,6-9,14-16H2,1-5H3,(H,30,31,32)/t18-,21-,23?/m0/s1. The van der Waals surface area contributed by atoms with Gasteiger partial charge in [0.1, 0.15) is 11.5 Å². The maximum atomic E-state index is 11.8. The first-order chi connectivity index (χ1) is 16.6. The van der Waals surface area contributed by atoms with Crippen LogP contribution in [0.25, 0.3) is 11.5 Å².